The van der Waals surface area contributed by atoms with Crippen molar-refractivity contribution in [1.82, 2.24) is 0 Å². The summed E-state index contributed by atoms with van der Waals surface area (Å²) in [5, 5.41) is 9.13. The summed E-state index contributed by atoms with van der Waals surface area (Å²) in [6, 6.07) is 6.48. The van der Waals surface area contributed by atoms with Gasteiger partial charge in [-0.3, -0.25) is 0 Å². The first kappa shape index (κ1) is 13.1. The summed E-state index contributed by atoms with van der Waals surface area (Å²) in [5.74, 6) is 0.551. The Labute approximate surface area is 102 Å². The van der Waals surface area contributed by atoms with Crippen molar-refractivity contribution in [2.75, 3.05) is 0 Å². The molecule has 0 aliphatic heterocycles. The van der Waals surface area contributed by atoms with Crippen LogP contribution in [-0.2, 0) is 0 Å². The molecule has 0 saturated carbocycles. The molecular formula is C13H19N3O. The Morgan fingerprint density at radius 3 is 2.18 bits per heavy atom. The molecule has 0 atom stereocenters. The van der Waals surface area contributed by atoms with Crippen molar-refractivity contribution in [3.63, 3.8) is 0 Å². The van der Waals surface area contributed by atoms with E-state index in [0.29, 0.717) is 17.2 Å². The quantitative estimate of drug-likeness (QED) is 0.541. The number of phenolic OH excluding ortho intramolecular Hbond substituents is 1. The van der Waals surface area contributed by atoms with Crippen LogP contribution in [0.4, 0.5) is 5.69 Å². The molecule has 0 spiro atoms. The van der Waals surface area contributed by atoms with Crippen molar-refractivity contribution in [3.05, 3.63) is 36.0 Å². The number of nitrogens with zero attached hydrogens (tertiary/aromatic N) is 1. The molecule has 4 heteroatoms. The Balaban J connectivity index is 2.90. The summed E-state index contributed by atoms with van der Waals surface area (Å²) in [6.07, 6.45) is 1.66. The first-order valence-electron chi connectivity index (χ1n) is 5.40. The van der Waals surface area contributed by atoms with Crippen molar-refractivity contribution in [2.45, 2.75) is 20.8 Å². The van der Waals surface area contributed by atoms with Gasteiger partial charge in [0.1, 0.15) is 11.6 Å². The highest BCUT2D eigenvalue weighted by Gasteiger charge is 2.13. The van der Waals surface area contributed by atoms with Gasteiger partial charge in [-0.15, -0.1) is 0 Å². The zero-order chi connectivity index (χ0) is 13.1. The molecule has 0 aliphatic rings. The fourth-order valence-corrected chi connectivity index (χ4v) is 1.08. The molecule has 0 heterocycles. The summed E-state index contributed by atoms with van der Waals surface area (Å²) in [5.41, 5.74) is 12.9. The lowest BCUT2D eigenvalue weighted by molar-refractivity contribution is 0.475. The van der Waals surface area contributed by atoms with E-state index in [-0.39, 0.29) is 11.2 Å². The van der Waals surface area contributed by atoms with Gasteiger partial charge in [-0.1, -0.05) is 20.8 Å². The summed E-state index contributed by atoms with van der Waals surface area (Å²) < 4.78 is 0. The summed E-state index contributed by atoms with van der Waals surface area (Å²) in [6.45, 7) is 6.02. The number of aromatic hydroxyl groups is 1. The fourth-order valence-electron chi connectivity index (χ4n) is 1.08. The molecule has 1 aromatic rings. The van der Waals surface area contributed by atoms with Gasteiger partial charge in [-0.2, -0.15) is 0 Å². The van der Waals surface area contributed by atoms with E-state index in [9.17, 15) is 0 Å². The van der Waals surface area contributed by atoms with Gasteiger partial charge in [-0.05, 0) is 30.3 Å². The van der Waals surface area contributed by atoms with Crippen LogP contribution in [0.25, 0.3) is 0 Å². The Bertz CT molecular complexity index is 439. The summed E-state index contributed by atoms with van der Waals surface area (Å²) in [7, 11) is 0. The van der Waals surface area contributed by atoms with Crippen LogP contribution in [0.2, 0.25) is 0 Å². The van der Waals surface area contributed by atoms with Crippen LogP contribution >= 0.6 is 0 Å². The predicted octanol–water partition coefficient (Wildman–Crippen LogP) is 2.27. The Hall–Kier alpha value is -1.97. The highest BCUT2D eigenvalue weighted by Crippen LogP contribution is 2.21. The Morgan fingerprint density at radius 1 is 1.18 bits per heavy atom. The van der Waals surface area contributed by atoms with Gasteiger partial charge in [0.05, 0.1) is 5.69 Å². The molecule has 4 nitrogen and oxygen atoms in total. The van der Waals surface area contributed by atoms with Crippen LogP contribution in [0.3, 0.4) is 0 Å². The molecule has 5 N–H and O–H groups in total. The maximum atomic E-state index is 9.13. The standard InChI is InChI=1S/C13H19N3O/c1-13(2,3)11(14)8-12(15)16-9-4-6-10(17)7-5-9/h4-8,17H,14H2,1-3H3,(H2,15,16). The second-order valence-electron chi connectivity index (χ2n) is 4.90. The fraction of sp³-hybridized carbons (Fsp3) is 0.308. The number of nitrogens with two attached hydrogens (primary N) is 2. The normalized spacial score (nSPS) is 13.8. The summed E-state index contributed by atoms with van der Waals surface area (Å²) >= 11 is 0. The van der Waals surface area contributed by atoms with Crippen molar-refractivity contribution in [3.8, 4) is 5.75 Å². The lowest BCUT2D eigenvalue weighted by Crippen LogP contribution is -2.20. The second kappa shape index (κ2) is 4.91. The number of hydrogen-bond donors (Lipinski definition) is 3. The van der Waals surface area contributed by atoms with E-state index in [1.165, 1.54) is 0 Å². The minimum Gasteiger partial charge on any atom is -0.508 e. The second-order valence-corrected chi connectivity index (χ2v) is 4.90. The SMILES string of the molecule is CC(C)(C)C(N)=CC(N)=Nc1ccc(O)cc1. The molecular weight excluding hydrogens is 214 g/mol. The van der Waals surface area contributed by atoms with Gasteiger partial charge >= 0.3 is 0 Å². The molecule has 0 saturated heterocycles. The van der Waals surface area contributed by atoms with Crippen LogP contribution < -0.4 is 11.5 Å². The molecule has 0 radical (unpaired) electrons. The first-order chi connectivity index (χ1) is 7.79. The van der Waals surface area contributed by atoms with Crippen molar-refractivity contribution >= 4 is 11.5 Å². The average molecular weight is 233 g/mol. The molecule has 17 heavy (non-hydrogen) atoms. The first-order valence-corrected chi connectivity index (χ1v) is 5.40. The maximum Gasteiger partial charge on any atom is 0.125 e. The molecule has 0 unspecified atom stereocenters. The molecule has 92 valence electrons. The van der Waals surface area contributed by atoms with Crippen LogP contribution in [0.15, 0.2) is 41.0 Å². The molecule has 0 aliphatic carbocycles. The van der Waals surface area contributed by atoms with Gasteiger partial charge in [0.25, 0.3) is 0 Å². The van der Waals surface area contributed by atoms with Crippen LogP contribution in [-0.4, -0.2) is 10.9 Å². The smallest absolute Gasteiger partial charge is 0.125 e. The average Bonchev–Trinajstić information content (AvgIpc) is 2.20. The Morgan fingerprint density at radius 2 is 1.71 bits per heavy atom. The molecule has 0 aromatic heterocycles. The number of hydrogen-bond acceptors (Lipinski definition) is 3. The van der Waals surface area contributed by atoms with Gasteiger partial charge < -0.3 is 16.6 Å². The number of aliphatic imine (C=N–C) groups is 1. The van der Waals surface area contributed by atoms with Gasteiger partial charge in [-0.25, -0.2) is 4.99 Å². The van der Waals surface area contributed by atoms with Gasteiger partial charge in [0.2, 0.25) is 0 Å². The zero-order valence-electron chi connectivity index (χ0n) is 10.4. The molecule has 1 aromatic carbocycles. The Kier molecular flexibility index (Phi) is 3.78. The van der Waals surface area contributed by atoms with E-state index in [1.807, 2.05) is 20.8 Å². The number of allylic oxidation sites excluding steroid dienone is 1. The van der Waals surface area contributed by atoms with Crippen molar-refractivity contribution < 1.29 is 5.11 Å². The third-order valence-electron chi connectivity index (χ3n) is 2.28. The van der Waals surface area contributed by atoms with E-state index in [4.69, 9.17) is 16.6 Å². The highest BCUT2D eigenvalue weighted by atomic mass is 16.3. The number of phenols is 1. The van der Waals surface area contributed by atoms with E-state index in [0.717, 1.165) is 0 Å². The van der Waals surface area contributed by atoms with Crippen molar-refractivity contribution in [1.29, 1.82) is 0 Å². The lowest BCUT2D eigenvalue weighted by atomic mass is 9.92. The van der Waals surface area contributed by atoms with E-state index < -0.39 is 0 Å². The van der Waals surface area contributed by atoms with Gasteiger partial charge in [0, 0.05) is 11.1 Å². The van der Waals surface area contributed by atoms with Crippen molar-refractivity contribution in [2.24, 2.45) is 21.9 Å². The van der Waals surface area contributed by atoms with Crippen LogP contribution in [0.5, 0.6) is 5.75 Å². The molecule has 0 fully saturated rings. The number of benzene rings is 1. The molecule has 0 bridgehead atoms. The minimum atomic E-state index is -0.130. The lowest BCUT2D eigenvalue weighted by Gasteiger charge is -2.18. The van der Waals surface area contributed by atoms with E-state index in [2.05, 4.69) is 4.99 Å². The largest absolute Gasteiger partial charge is 0.508 e. The third-order valence-corrected chi connectivity index (χ3v) is 2.28. The third kappa shape index (κ3) is 4.18. The van der Waals surface area contributed by atoms with Crippen LogP contribution in [0.1, 0.15) is 20.8 Å². The predicted molar refractivity (Wildman–Crippen MR) is 71.1 cm³/mol. The van der Waals surface area contributed by atoms with Gasteiger partial charge in [0.15, 0.2) is 0 Å². The molecule has 0 amide bonds. The maximum absolute atomic E-state index is 9.13. The monoisotopic (exact) mass is 233 g/mol. The number of rotatable bonds is 2. The van der Waals surface area contributed by atoms with E-state index >= 15 is 0 Å². The number of amidine groups is 1. The highest BCUT2D eigenvalue weighted by molar-refractivity contribution is 5.93. The molecule has 1 rings (SSSR count). The zero-order valence-corrected chi connectivity index (χ0v) is 10.4. The topological polar surface area (TPSA) is 84.6 Å². The minimum absolute atomic E-state index is 0.130. The summed E-state index contributed by atoms with van der Waals surface area (Å²) in [4.78, 5) is 4.18. The van der Waals surface area contributed by atoms with E-state index in [1.54, 1.807) is 30.3 Å². The van der Waals surface area contributed by atoms with Crippen LogP contribution in [0, 0.1) is 5.41 Å².